The smallest absolute Gasteiger partial charge is 0.188 e. The van der Waals surface area contributed by atoms with Crippen molar-refractivity contribution < 1.29 is 4.57 Å². The molecule has 2 heteroatoms. The van der Waals surface area contributed by atoms with E-state index in [1.807, 2.05) is 11.3 Å². The summed E-state index contributed by atoms with van der Waals surface area (Å²) in [6.07, 6.45) is 2.17. The molecule has 0 spiro atoms. The van der Waals surface area contributed by atoms with Crippen molar-refractivity contribution in [2.24, 2.45) is 0 Å². The highest BCUT2D eigenvalue weighted by molar-refractivity contribution is 7.09. The van der Waals surface area contributed by atoms with Crippen molar-refractivity contribution in [1.82, 2.24) is 0 Å². The molecule has 15 heavy (non-hydrogen) atoms. The number of hydrogen-bond acceptors (Lipinski definition) is 1. The maximum atomic E-state index is 2.34. The summed E-state index contributed by atoms with van der Waals surface area (Å²) in [5, 5.41) is 3.61. The van der Waals surface area contributed by atoms with Gasteiger partial charge in [0.2, 0.25) is 5.01 Å². The Kier molecular flexibility index (Phi) is 3.17. The Morgan fingerprint density at radius 2 is 1.93 bits per heavy atom. The highest BCUT2D eigenvalue weighted by Crippen LogP contribution is 2.15. The van der Waals surface area contributed by atoms with Crippen LogP contribution < -0.4 is 4.57 Å². The lowest BCUT2D eigenvalue weighted by molar-refractivity contribution is -0.691. The van der Waals surface area contributed by atoms with Gasteiger partial charge in [0.1, 0.15) is 0 Å². The van der Waals surface area contributed by atoms with Crippen LogP contribution in [0.5, 0.6) is 0 Å². The van der Waals surface area contributed by atoms with Gasteiger partial charge in [-0.05, 0) is 0 Å². The summed E-state index contributed by atoms with van der Waals surface area (Å²) in [7, 11) is 0. The molecule has 1 heterocycles. The fourth-order valence-electron chi connectivity index (χ4n) is 1.69. The normalized spacial score (nSPS) is 10.9. The Labute approximate surface area is 95.0 Å². The first-order valence-corrected chi connectivity index (χ1v) is 6.16. The third-order valence-electron chi connectivity index (χ3n) is 2.40. The Bertz CT molecular complexity index is 417. The number of hydrogen-bond donors (Lipinski definition) is 0. The summed E-state index contributed by atoms with van der Waals surface area (Å²) in [5.74, 6) is 0.605. The highest BCUT2D eigenvalue weighted by atomic mass is 32.1. The summed E-state index contributed by atoms with van der Waals surface area (Å²) in [6.45, 7) is 5.47. The van der Waals surface area contributed by atoms with Crippen LogP contribution in [0.25, 0.3) is 0 Å². The first-order valence-electron chi connectivity index (χ1n) is 5.28. The van der Waals surface area contributed by atoms with Crippen molar-refractivity contribution in [2.45, 2.75) is 26.3 Å². The van der Waals surface area contributed by atoms with E-state index >= 15 is 0 Å². The van der Waals surface area contributed by atoms with Crippen LogP contribution in [-0.4, -0.2) is 0 Å². The van der Waals surface area contributed by atoms with Crippen LogP contribution in [0, 0.1) is 0 Å². The standard InChI is InChI=1S/C13H16NS/c1-11(2)13-14(8-9-15-13)10-12-6-4-3-5-7-12/h3-9,11H,10H2,1-2H3/q+1. The van der Waals surface area contributed by atoms with Crippen molar-refractivity contribution in [2.75, 3.05) is 0 Å². The molecule has 0 N–H and O–H groups in total. The van der Waals surface area contributed by atoms with E-state index in [0.29, 0.717) is 5.92 Å². The molecule has 2 rings (SSSR count). The van der Waals surface area contributed by atoms with Gasteiger partial charge in [-0.2, -0.15) is 4.57 Å². The molecule has 0 atom stereocenters. The van der Waals surface area contributed by atoms with Crippen LogP contribution in [0.3, 0.4) is 0 Å². The van der Waals surface area contributed by atoms with Gasteiger partial charge in [0.05, 0.1) is 5.38 Å². The molecule has 0 aliphatic carbocycles. The van der Waals surface area contributed by atoms with Crippen molar-refractivity contribution in [3.63, 3.8) is 0 Å². The van der Waals surface area contributed by atoms with Gasteiger partial charge in [-0.15, -0.1) is 0 Å². The molecule has 0 amide bonds. The van der Waals surface area contributed by atoms with Gasteiger partial charge in [0.25, 0.3) is 0 Å². The molecule has 0 aliphatic heterocycles. The van der Waals surface area contributed by atoms with Crippen LogP contribution in [0.2, 0.25) is 0 Å². The molecule has 1 aromatic heterocycles. The highest BCUT2D eigenvalue weighted by Gasteiger charge is 2.15. The molecule has 0 fully saturated rings. The molecule has 0 saturated carbocycles. The number of thiazole rings is 1. The van der Waals surface area contributed by atoms with Gasteiger partial charge < -0.3 is 0 Å². The number of benzene rings is 1. The van der Waals surface area contributed by atoms with E-state index < -0.39 is 0 Å². The molecular formula is C13H16NS+. The van der Waals surface area contributed by atoms with Crippen LogP contribution in [-0.2, 0) is 6.54 Å². The van der Waals surface area contributed by atoms with Crippen LogP contribution in [0.15, 0.2) is 41.9 Å². The van der Waals surface area contributed by atoms with Crippen molar-refractivity contribution in [1.29, 1.82) is 0 Å². The van der Waals surface area contributed by atoms with Gasteiger partial charge in [-0.3, -0.25) is 0 Å². The Morgan fingerprint density at radius 1 is 1.20 bits per heavy atom. The number of aromatic nitrogens is 1. The lowest BCUT2D eigenvalue weighted by atomic mass is 10.2. The van der Waals surface area contributed by atoms with E-state index in [9.17, 15) is 0 Å². The van der Waals surface area contributed by atoms with Crippen molar-refractivity contribution >= 4 is 11.3 Å². The molecule has 0 aliphatic rings. The molecule has 78 valence electrons. The van der Waals surface area contributed by atoms with Crippen molar-refractivity contribution in [3.8, 4) is 0 Å². The third kappa shape index (κ3) is 2.45. The zero-order valence-electron chi connectivity index (χ0n) is 9.18. The van der Waals surface area contributed by atoms with Gasteiger partial charge in [0.15, 0.2) is 12.7 Å². The summed E-state index contributed by atoms with van der Waals surface area (Å²) in [6, 6.07) is 10.6. The first-order chi connectivity index (χ1) is 7.27. The molecular weight excluding hydrogens is 202 g/mol. The third-order valence-corrected chi connectivity index (χ3v) is 3.61. The van der Waals surface area contributed by atoms with E-state index in [2.05, 4.69) is 60.3 Å². The Balaban J connectivity index is 2.21. The SMILES string of the molecule is CC(C)c1scc[n+]1Cc1ccccc1. The fraction of sp³-hybridized carbons (Fsp3) is 0.308. The minimum atomic E-state index is 0.605. The summed E-state index contributed by atoms with van der Waals surface area (Å²) in [4.78, 5) is 0. The van der Waals surface area contributed by atoms with Gasteiger partial charge in [0, 0.05) is 11.5 Å². The maximum absolute atomic E-state index is 2.34. The molecule has 1 aromatic carbocycles. The first kappa shape index (κ1) is 10.4. The Hall–Kier alpha value is -1.15. The predicted octanol–water partition coefficient (Wildman–Crippen LogP) is 3.21. The molecule has 0 unspecified atom stereocenters. The average Bonchev–Trinajstić information content (AvgIpc) is 2.67. The van der Waals surface area contributed by atoms with E-state index in [1.165, 1.54) is 10.6 Å². The number of nitrogens with zero attached hydrogens (tertiary/aromatic N) is 1. The van der Waals surface area contributed by atoms with E-state index in [4.69, 9.17) is 0 Å². The molecule has 1 nitrogen and oxygen atoms in total. The summed E-state index contributed by atoms with van der Waals surface area (Å²) in [5.41, 5.74) is 1.36. The molecule has 0 bridgehead atoms. The summed E-state index contributed by atoms with van der Waals surface area (Å²) >= 11 is 1.84. The van der Waals surface area contributed by atoms with Gasteiger partial charge in [-0.1, -0.05) is 55.5 Å². The lowest BCUT2D eigenvalue weighted by Gasteiger charge is -2.00. The second kappa shape index (κ2) is 4.58. The quantitative estimate of drug-likeness (QED) is 0.697. The fourth-order valence-corrected chi connectivity index (χ4v) is 2.57. The topological polar surface area (TPSA) is 3.88 Å². The largest absolute Gasteiger partial charge is 0.240 e. The maximum Gasteiger partial charge on any atom is 0.240 e. The second-order valence-electron chi connectivity index (χ2n) is 4.01. The number of rotatable bonds is 3. The van der Waals surface area contributed by atoms with Gasteiger partial charge >= 0.3 is 0 Å². The van der Waals surface area contributed by atoms with E-state index in [1.54, 1.807) is 0 Å². The van der Waals surface area contributed by atoms with E-state index in [-0.39, 0.29) is 0 Å². The molecule has 0 radical (unpaired) electrons. The molecule has 0 saturated heterocycles. The zero-order chi connectivity index (χ0) is 10.7. The minimum Gasteiger partial charge on any atom is -0.188 e. The average molecular weight is 218 g/mol. The predicted molar refractivity (Wildman–Crippen MR) is 64.1 cm³/mol. The van der Waals surface area contributed by atoms with Gasteiger partial charge in [-0.25, -0.2) is 0 Å². The zero-order valence-corrected chi connectivity index (χ0v) is 10.00. The van der Waals surface area contributed by atoms with Crippen molar-refractivity contribution in [3.05, 3.63) is 52.5 Å². The lowest BCUT2D eigenvalue weighted by Crippen LogP contribution is -2.36. The monoisotopic (exact) mass is 218 g/mol. The van der Waals surface area contributed by atoms with Crippen LogP contribution >= 0.6 is 11.3 Å². The summed E-state index contributed by atoms with van der Waals surface area (Å²) < 4.78 is 2.34. The Morgan fingerprint density at radius 3 is 2.60 bits per heavy atom. The molecule has 2 aromatic rings. The minimum absolute atomic E-state index is 0.605. The van der Waals surface area contributed by atoms with Crippen LogP contribution in [0.4, 0.5) is 0 Å². The van der Waals surface area contributed by atoms with E-state index in [0.717, 1.165) is 6.54 Å². The van der Waals surface area contributed by atoms with Crippen LogP contribution in [0.1, 0.15) is 30.3 Å². The second-order valence-corrected chi connectivity index (χ2v) is 4.94.